The third-order valence-electron chi connectivity index (χ3n) is 3.90. The minimum absolute atomic E-state index is 0.260. The zero-order valence-corrected chi connectivity index (χ0v) is 13.6. The van der Waals surface area contributed by atoms with Crippen molar-refractivity contribution >= 4 is 22.9 Å². The van der Waals surface area contributed by atoms with E-state index in [-0.39, 0.29) is 11.7 Å². The predicted octanol–water partition coefficient (Wildman–Crippen LogP) is 3.93. The van der Waals surface area contributed by atoms with Crippen LogP contribution in [0.3, 0.4) is 0 Å². The second kappa shape index (κ2) is 6.54. The number of nitrogens with one attached hydrogen (secondary N) is 1. The molecule has 0 bridgehead atoms. The maximum absolute atomic E-state index is 12.2. The Morgan fingerprint density at radius 2 is 1.67 bits per heavy atom. The Morgan fingerprint density at radius 3 is 2.38 bits per heavy atom. The first-order valence-corrected chi connectivity index (χ1v) is 7.67. The van der Waals surface area contributed by atoms with Crippen molar-refractivity contribution in [1.29, 1.82) is 0 Å². The fourth-order valence-corrected chi connectivity index (χ4v) is 2.62. The highest BCUT2D eigenvalue weighted by atomic mass is 16.3. The monoisotopic (exact) mass is 318 g/mol. The van der Waals surface area contributed by atoms with E-state index < -0.39 is 0 Å². The molecule has 0 atom stereocenters. The highest BCUT2D eigenvalue weighted by Gasteiger charge is 2.05. The molecule has 0 unspecified atom stereocenters. The molecule has 1 amide bonds. The van der Waals surface area contributed by atoms with Crippen LogP contribution < -0.4 is 5.43 Å². The van der Waals surface area contributed by atoms with Crippen LogP contribution in [0.4, 0.5) is 0 Å². The summed E-state index contributed by atoms with van der Waals surface area (Å²) in [6.45, 7) is 3.65. The molecular formula is C20H18N2O2. The summed E-state index contributed by atoms with van der Waals surface area (Å²) in [5.74, 6) is 0.0246. The van der Waals surface area contributed by atoms with Crippen LogP contribution in [-0.4, -0.2) is 17.2 Å². The van der Waals surface area contributed by atoms with Gasteiger partial charge in [0.2, 0.25) is 0 Å². The lowest BCUT2D eigenvalue weighted by atomic mass is 10.1. The van der Waals surface area contributed by atoms with Gasteiger partial charge in [-0.2, -0.15) is 5.10 Å². The quantitative estimate of drug-likeness (QED) is 0.568. The molecule has 0 heterocycles. The lowest BCUT2D eigenvalue weighted by molar-refractivity contribution is 0.0955. The van der Waals surface area contributed by atoms with Crippen LogP contribution in [0.1, 0.15) is 27.0 Å². The molecule has 0 spiro atoms. The van der Waals surface area contributed by atoms with Crippen LogP contribution >= 0.6 is 0 Å². The van der Waals surface area contributed by atoms with E-state index in [1.165, 1.54) is 0 Å². The normalized spacial score (nSPS) is 11.1. The van der Waals surface area contributed by atoms with Gasteiger partial charge in [0.15, 0.2) is 0 Å². The van der Waals surface area contributed by atoms with Crippen molar-refractivity contribution in [3.05, 3.63) is 76.9 Å². The highest BCUT2D eigenvalue weighted by molar-refractivity contribution is 5.99. The topological polar surface area (TPSA) is 61.7 Å². The number of carbonyl (C=O) groups is 1. The van der Waals surface area contributed by atoms with Crippen molar-refractivity contribution in [1.82, 2.24) is 5.43 Å². The molecule has 3 aromatic carbocycles. The number of hydrogen-bond donors (Lipinski definition) is 2. The van der Waals surface area contributed by atoms with Gasteiger partial charge in [0.25, 0.3) is 5.91 Å². The summed E-state index contributed by atoms with van der Waals surface area (Å²) in [6, 6.07) is 17.0. The fraction of sp³-hybridized carbons (Fsp3) is 0.100. The summed E-state index contributed by atoms with van der Waals surface area (Å²) in [6.07, 6.45) is 1.57. The number of amides is 1. The number of aromatic hydroxyl groups is 1. The van der Waals surface area contributed by atoms with Crippen molar-refractivity contribution in [2.45, 2.75) is 13.8 Å². The van der Waals surface area contributed by atoms with Crippen LogP contribution in [-0.2, 0) is 0 Å². The van der Waals surface area contributed by atoms with Crippen molar-refractivity contribution in [3.8, 4) is 5.75 Å². The Labute approximate surface area is 140 Å². The molecule has 4 nitrogen and oxygen atoms in total. The molecule has 0 saturated carbocycles. The number of hydrogen-bond acceptors (Lipinski definition) is 3. The van der Waals surface area contributed by atoms with Crippen molar-refractivity contribution in [2.24, 2.45) is 5.10 Å². The third-order valence-corrected chi connectivity index (χ3v) is 3.90. The van der Waals surface area contributed by atoms with Gasteiger partial charge in [0.05, 0.1) is 6.21 Å². The van der Waals surface area contributed by atoms with Crippen molar-refractivity contribution in [2.75, 3.05) is 0 Å². The number of phenols is 1. The van der Waals surface area contributed by atoms with E-state index in [0.29, 0.717) is 5.56 Å². The van der Waals surface area contributed by atoms with Gasteiger partial charge in [-0.25, -0.2) is 5.43 Å². The number of carbonyl (C=O) groups excluding carboxylic acids is 1. The van der Waals surface area contributed by atoms with Gasteiger partial charge in [-0.15, -0.1) is 0 Å². The zero-order chi connectivity index (χ0) is 17.1. The maximum Gasteiger partial charge on any atom is 0.271 e. The van der Waals surface area contributed by atoms with E-state index in [1.807, 2.05) is 62.4 Å². The van der Waals surface area contributed by atoms with E-state index in [4.69, 9.17) is 0 Å². The molecule has 0 aliphatic heterocycles. The maximum atomic E-state index is 12.2. The second-order valence-corrected chi connectivity index (χ2v) is 5.76. The lowest BCUT2D eigenvalue weighted by Gasteiger charge is -2.05. The molecule has 0 radical (unpaired) electrons. The van der Waals surface area contributed by atoms with Gasteiger partial charge in [-0.3, -0.25) is 4.79 Å². The van der Waals surface area contributed by atoms with Crippen LogP contribution in [0.15, 0.2) is 59.7 Å². The fourth-order valence-electron chi connectivity index (χ4n) is 2.62. The van der Waals surface area contributed by atoms with Crippen molar-refractivity contribution in [3.63, 3.8) is 0 Å². The first-order valence-electron chi connectivity index (χ1n) is 7.67. The number of fused-ring (bicyclic) bond motifs is 1. The molecule has 0 aromatic heterocycles. The SMILES string of the molecule is Cc1cc(/C=N\NC(=O)c2ccc3ccccc3c2)cc(C)c1O. The summed E-state index contributed by atoms with van der Waals surface area (Å²) in [4.78, 5) is 12.2. The highest BCUT2D eigenvalue weighted by Crippen LogP contribution is 2.22. The van der Waals surface area contributed by atoms with Crippen LogP contribution in [0, 0.1) is 13.8 Å². The van der Waals surface area contributed by atoms with E-state index in [1.54, 1.807) is 12.3 Å². The molecular weight excluding hydrogens is 300 g/mol. The Bertz CT molecular complexity index is 922. The molecule has 0 saturated heterocycles. The molecule has 0 aliphatic rings. The Balaban J connectivity index is 1.74. The molecule has 2 N–H and O–H groups in total. The molecule has 3 aromatic rings. The van der Waals surface area contributed by atoms with Crippen LogP contribution in [0.25, 0.3) is 10.8 Å². The van der Waals surface area contributed by atoms with Gasteiger partial charge >= 0.3 is 0 Å². The molecule has 24 heavy (non-hydrogen) atoms. The summed E-state index contributed by atoms with van der Waals surface area (Å²) in [5, 5.41) is 15.9. The smallest absolute Gasteiger partial charge is 0.271 e. The average molecular weight is 318 g/mol. The largest absolute Gasteiger partial charge is 0.507 e. The number of benzene rings is 3. The van der Waals surface area contributed by atoms with Crippen LogP contribution in [0.5, 0.6) is 5.75 Å². The Kier molecular flexibility index (Phi) is 4.29. The van der Waals surface area contributed by atoms with E-state index in [2.05, 4.69) is 10.5 Å². The summed E-state index contributed by atoms with van der Waals surface area (Å²) in [5.41, 5.74) is 5.46. The van der Waals surface area contributed by atoms with Gasteiger partial charge in [0.1, 0.15) is 5.75 Å². The molecule has 4 heteroatoms. The number of nitrogens with zero attached hydrogens (tertiary/aromatic N) is 1. The second-order valence-electron chi connectivity index (χ2n) is 5.76. The first kappa shape index (κ1) is 15.7. The van der Waals surface area contributed by atoms with E-state index in [9.17, 15) is 9.90 Å². The minimum Gasteiger partial charge on any atom is -0.507 e. The van der Waals surface area contributed by atoms with E-state index >= 15 is 0 Å². The van der Waals surface area contributed by atoms with Crippen LogP contribution in [0.2, 0.25) is 0 Å². The Hall–Kier alpha value is -3.14. The van der Waals surface area contributed by atoms with Gasteiger partial charge in [-0.05, 0) is 65.6 Å². The minimum atomic E-state index is -0.260. The zero-order valence-electron chi connectivity index (χ0n) is 13.6. The summed E-state index contributed by atoms with van der Waals surface area (Å²) < 4.78 is 0. The lowest BCUT2D eigenvalue weighted by Crippen LogP contribution is -2.17. The number of rotatable bonds is 3. The third kappa shape index (κ3) is 3.27. The van der Waals surface area contributed by atoms with E-state index in [0.717, 1.165) is 27.5 Å². The average Bonchev–Trinajstić information content (AvgIpc) is 2.59. The predicted molar refractivity (Wildman–Crippen MR) is 96.6 cm³/mol. The number of phenolic OH excluding ortho intramolecular Hbond substituents is 1. The van der Waals surface area contributed by atoms with Gasteiger partial charge in [-0.1, -0.05) is 30.3 Å². The standard InChI is InChI=1S/C20H18N2O2/c1-13-9-15(10-14(2)19(13)23)12-21-22-20(24)18-8-7-16-5-3-4-6-17(16)11-18/h3-12,23H,1-2H3,(H,22,24)/b21-12-. The summed E-state index contributed by atoms with van der Waals surface area (Å²) in [7, 11) is 0. The molecule has 120 valence electrons. The van der Waals surface area contributed by atoms with Gasteiger partial charge in [0, 0.05) is 5.56 Å². The molecule has 0 aliphatic carbocycles. The Morgan fingerprint density at radius 1 is 1.00 bits per heavy atom. The van der Waals surface area contributed by atoms with Crippen molar-refractivity contribution < 1.29 is 9.90 Å². The van der Waals surface area contributed by atoms with Gasteiger partial charge < -0.3 is 5.11 Å². The summed E-state index contributed by atoms with van der Waals surface area (Å²) >= 11 is 0. The number of aryl methyl sites for hydroxylation is 2. The number of hydrazone groups is 1. The first-order chi connectivity index (χ1) is 11.5. The molecule has 3 rings (SSSR count). The molecule has 0 fully saturated rings.